The molecule has 0 bridgehead atoms. The molecular formula is C19H26F2N2O3. The molecule has 7 heteroatoms. The second-order valence-corrected chi connectivity index (χ2v) is 6.94. The molecule has 26 heavy (non-hydrogen) atoms. The maximum Gasteiger partial charge on any atom is 0.387 e. The molecule has 0 radical (unpaired) electrons. The van der Waals surface area contributed by atoms with E-state index in [0.29, 0.717) is 19.8 Å². The lowest BCUT2D eigenvalue weighted by Crippen LogP contribution is -2.59. The molecule has 0 spiro atoms. The summed E-state index contributed by atoms with van der Waals surface area (Å²) >= 11 is 0. The molecular weight excluding hydrogens is 342 g/mol. The summed E-state index contributed by atoms with van der Waals surface area (Å²) in [5.74, 6) is -0.469. The summed E-state index contributed by atoms with van der Waals surface area (Å²) in [6.07, 6.45) is 5.55. The zero-order chi connectivity index (χ0) is 18.4. The van der Waals surface area contributed by atoms with Crippen molar-refractivity contribution in [2.24, 2.45) is 0 Å². The van der Waals surface area contributed by atoms with Crippen LogP contribution in [0.25, 0.3) is 0 Å². The summed E-state index contributed by atoms with van der Waals surface area (Å²) in [6, 6.07) is 6.12. The highest BCUT2D eigenvalue weighted by molar-refractivity contribution is 5.96. The van der Waals surface area contributed by atoms with Gasteiger partial charge in [0.2, 0.25) is 0 Å². The molecule has 5 nitrogen and oxygen atoms in total. The third-order valence-corrected chi connectivity index (χ3v) is 5.39. The molecule has 0 atom stereocenters. The molecule has 0 unspecified atom stereocenters. The minimum atomic E-state index is -2.96. The van der Waals surface area contributed by atoms with Crippen LogP contribution in [-0.4, -0.2) is 55.8 Å². The number of alkyl halides is 2. The largest absolute Gasteiger partial charge is 0.434 e. The Morgan fingerprint density at radius 3 is 2.58 bits per heavy atom. The SMILES string of the molecule is O=C(NCC1(N2CCOCC2)CCCCC1)c1ccccc1OC(F)F. The van der Waals surface area contributed by atoms with E-state index in [1.807, 2.05) is 0 Å². The van der Waals surface area contributed by atoms with Crippen LogP contribution < -0.4 is 10.1 Å². The van der Waals surface area contributed by atoms with Crippen molar-refractivity contribution < 1.29 is 23.0 Å². The van der Waals surface area contributed by atoms with E-state index in [1.165, 1.54) is 18.6 Å². The van der Waals surface area contributed by atoms with Gasteiger partial charge in [-0.05, 0) is 25.0 Å². The first kappa shape index (κ1) is 19.0. The molecule has 1 saturated carbocycles. The van der Waals surface area contributed by atoms with Crippen molar-refractivity contribution in [2.75, 3.05) is 32.8 Å². The number of nitrogens with zero attached hydrogens (tertiary/aromatic N) is 1. The van der Waals surface area contributed by atoms with Gasteiger partial charge in [-0.15, -0.1) is 0 Å². The molecule has 144 valence electrons. The van der Waals surface area contributed by atoms with E-state index in [2.05, 4.69) is 15.0 Å². The number of carbonyl (C=O) groups excluding carboxylic acids is 1. The average Bonchev–Trinajstić information content (AvgIpc) is 2.67. The first-order chi connectivity index (χ1) is 12.6. The standard InChI is InChI=1S/C19H26F2N2O3/c20-18(21)26-16-7-3-2-6-15(16)17(24)22-14-19(8-4-1-5-9-19)23-10-12-25-13-11-23/h2-3,6-7,18H,1,4-5,8-14H2,(H,22,24). The zero-order valence-electron chi connectivity index (χ0n) is 14.9. The molecule has 1 aromatic carbocycles. The van der Waals surface area contributed by atoms with Crippen LogP contribution >= 0.6 is 0 Å². The van der Waals surface area contributed by atoms with Crippen LogP contribution in [0.15, 0.2) is 24.3 Å². The Hall–Kier alpha value is -1.73. The number of halogens is 2. The van der Waals surface area contributed by atoms with Crippen LogP contribution in [0.2, 0.25) is 0 Å². The monoisotopic (exact) mass is 368 g/mol. The minimum absolute atomic E-state index is 0.0732. The van der Waals surface area contributed by atoms with E-state index in [-0.39, 0.29) is 22.8 Å². The van der Waals surface area contributed by atoms with Gasteiger partial charge in [0.25, 0.3) is 5.91 Å². The first-order valence-electron chi connectivity index (χ1n) is 9.26. The van der Waals surface area contributed by atoms with Gasteiger partial charge in [0.1, 0.15) is 5.75 Å². The van der Waals surface area contributed by atoms with E-state index < -0.39 is 6.61 Å². The van der Waals surface area contributed by atoms with Gasteiger partial charge in [0.15, 0.2) is 0 Å². The van der Waals surface area contributed by atoms with Gasteiger partial charge >= 0.3 is 6.61 Å². The zero-order valence-corrected chi connectivity index (χ0v) is 14.9. The van der Waals surface area contributed by atoms with Crippen LogP contribution in [0, 0.1) is 0 Å². The summed E-state index contributed by atoms with van der Waals surface area (Å²) in [7, 11) is 0. The molecule has 3 rings (SSSR count). The van der Waals surface area contributed by atoms with Crippen LogP contribution in [-0.2, 0) is 4.74 Å². The normalized spacial score (nSPS) is 20.7. The highest BCUT2D eigenvalue weighted by Gasteiger charge is 2.39. The Kier molecular flexibility index (Phi) is 6.43. The molecule has 0 aromatic heterocycles. The maximum absolute atomic E-state index is 12.6. The Bertz CT molecular complexity index is 600. The molecule has 2 aliphatic rings. The van der Waals surface area contributed by atoms with Crippen molar-refractivity contribution in [1.29, 1.82) is 0 Å². The number of benzene rings is 1. The van der Waals surface area contributed by atoms with Gasteiger partial charge in [-0.2, -0.15) is 8.78 Å². The van der Waals surface area contributed by atoms with Gasteiger partial charge in [0, 0.05) is 25.2 Å². The van der Waals surface area contributed by atoms with Gasteiger partial charge in [0.05, 0.1) is 18.8 Å². The van der Waals surface area contributed by atoms with Crippen molar-refractivity contribution in [2.45, 2.75) is 44.3 Å². The van der Waals surface area contributed by atoms with E-state index in [0.717, 1.165) is 38.8 Å². The van der Waals surface area contributed by atoms with Crippen molar-refractivity contribution >= 4 is 5.91 Å². The van der Waals surface area contributed by atoms with E-state index >= 15 is 0 Å². The number of hydrogen-bond acceptors (Lipinski definition) is 4. The summed E-state index contributed by atoms with van der Waals surface area (Å²) in [6.45, 7) is 0.695. The van der Waals surface area contributed by atoms with Gasteiger partial charge < -0.3 is 14.8 Å². The summed E-state index contributed by atoms with van der Waals surface area (Å²) in [4.78, 5) is 15.1. The topological polar surface area (TPSA) is 50.8 Å². The summed E-state index contributed by atoms with van der Waals surface area (Å²) in [5.41, 5.74) is 0.0664. The second kappa shape index (κ2) is 8.77. The quantitative estimate of drug-likeness (QED) is 0.839. The predicted molar refractivity (Wildman–Crippen MR) is 93.6 cm³/mol. The third-order valence-electron chi connectivity index (χ3n) is 5.39. The molecule has 1 aliphatic carbocycles. The fourth-order valence-electron chi connectivity index (χ4n) is 4.05. The predicted octanol–water partition coefficient (Wildman–Crippen LogP) is 3.05. The first-order valence-corrected chi connectivity index (χ1v) is 9.26. The second-order valence-electron chi connectivity index (χ2n) is 6.94. The van der Waals surface area contributed by atoms with E-state index in [1.54, 1.807) is 12.1 Å². The van der Waals surface area contributed by atoms with Crippen molar-refractivity contribution in [1.82, 2.24) is 10.2 Å². The number of rotatable bonds is 6. The van der Waals surface area contributed by atoms with E-state index in [9.17, 15) is 13.6 Å². The maximum atomic E-state index is 12.6. The summed E-state index contributed by atoms with van der Waals surface area (Å²) < 4.78 is 35.1. The van der Waals surface area contributed by atoms with Crippen molar-refractivity contribution in [3.8, 4) is 5.75 Å². The van der Waals surface area contributed by atoms with Crippen LogP contribution in [0.1, 0.15) is 42.5 Å². The third kappa shape index (κ3) is 4.51. The highest BCUT2D eigenvalue weighted by atomic mass is 19.3. The van der Waals surface area contributed by atoms with Gasteiger partial charge in [-0.3, -0.25) is 9.69 Å². The van der Waals surface area contributed by atoms with Crippen LogP contribution in [0.5, 0.6) is 5.75 Å². The van der Waals surface area contributed by atoms with Crippen molar-refractivity contribution in [3.63, 3.8) is 0 Å². The van der Waals surface area contributed by atoms with Crippen molar-refractivity contribution in [3.05, 3.63) is 29.8 Å². The molecule has 1 saturated heterocycles. The minimum Gasteiger partial charge on any atom is -0.434 e. The van der Waals surface area contributed by atoms with Crippen LogP contribution in [0.3, 0.4) is 0 Å². The average molecular weight is 368 g/mol. The van der Waals surface area contributed by atoms with Gasteiger partial charge in [-0.25, -0.2) is 0 Å². The highest BCUT2D eigenvalue weighted by Crippen LogP contribution is 2.34. The number of carbonyl (C=O) groups is 1. The molecule has 2 fully saturated rings. The smallest absolute Gasteiger partial charge is 0.387 e. The molecule has 1 amide bonds. The number of hydrogen-bond donors (Lipinski definition) is 1. The molecule has 1 heterocycles. The summed E-state index contributed by atoms with van der Waals surface area (Å²) in [5, 5.41) is 2.97. The molecule has 1 N–H and O–H groups in total. The number of morpholine rings is 1. The fourth-order valence-corrected chi connectivity index (χ4v) is 4.05. The Morgan fingerprint density at radius 1 is 1.19 bits per heavy atom. The number of nitrogens with one attached hydrogen (secondary N) is 1. The van der Waals surface area contributed by atoms with Gasteiger partial charge in [-0.1, -0.05) is 31.4 Å². The number of amides is 1. The van der Waals surface area contributed by atoms with Crippen LogP contribution in [0.4, 0.5) is 8.78 Å². The Balaban J connectivity index is 1.70. The number of para-hydroxylation sites is 1. The van der Waals surface area contributed by atoms with E-state index in [4.69, 9.17) is 4.74 Å². The Labute approximate surface area is 152 Å². The lowest BCUT2D eigenvalue weighted by molar-refractivity contribution is -0.0502. The molecule has 1 aromatic rings. The number of ether oxygens (including phenoxy) is 2. The fraction of sp³-hybridized carbons (Fsp3) is 0.632. The lowest BCUT2D eigenvalue weighted by atomic mass is 9.79. The Morgan fingerprint density at radius 2 is 1.88 bits per heavy atom. The lowest BCUT2D eigenvalue weighted by Gasteiger charge is -2.48. The molecule has 1 aliphatic heterocycles.